The van der Waals surface area contributed by atoms with Gasteiger partial charge >= 0.3 is 0 Å². The highest BCUT2D eigenvalue weighted by Crippen LogP contribution is 2.33. The quantitative estimate of drug-likeness (QED) is 0.752. The smallest absolute Gasteiger partial charge is 0.122 e. The fourth-order valence-corrected chi connectivity index (χ4v) is 1.83. The molecule has 1 aromatic rings. The van der Waals surface area contributed by atoms with Crippen LogP contribution in [0.1, 0.15) is 56.2 Å². The molecule has 1 rings (SSSR count). The fourth-order valence-electron chi connectivity index (χ4n) is 1.83. The summed E-state index contributed by atoms with van der Waals surface area (Å²) in [6, 6.07) is 4.18. The zero-order valence-corrected chi connectivity index (χ0v) is 9.76. The van der Waals surface area contributed by atoms with Gasteiger partial charge in [0.05, 0.1) is 0 Å². The second-order valence-corrected chi connectivity index (χ2v) is 4.53. The van der Waals surface area contributed by atoms with Gasteiger partial charge in [-0.1, -0.05) is 39.8 Å². The van der Waals surface area contributed by atoms with Crippen molar-refractivity contribution in [2.75, 3.05) is 0 Å². The third-order valence-electron chi connectivity index (χ3n) is 2.75. The molecule has 0 aromatic heterocycles. The molecule has 0 aliphatic heterocycles. The van der Waals surface area contributed by atoms with Crippen LogP contribution in [0.3, 0.4) is 0 Å². The first kappa shape index (κ1) is 11.1. The van der Waals surface area contributed by atoms with E-state index in [1.807, 2.05) is 13.0 Å². The van der Waals surface area contributed by atoms with Gasteiger partial charge in [-0.05, 0) is 35.4 Å². The lowest BCUT2D eigenvalue weighted by molar-refractivity contribution is 0.459. The van der Waals surface area contributed by atoms with E-state index in [4.69, 9.17) is 0 Å². The second kappa shape index (κ2) is 4.04. The van der Waals surface area contributed by atoms with Crippen LogP contribution >= 0.6 is 0 Å². The van der Waals surface area contributed by atoms with Gasteiger partial charge in [0.15, 0.2) is 0 Å². The van der Waals surface area contributed by atoms with Crippen LogP contribution in [-0.4, -0.2) is 5.11 Å². The van der Waals surface area contributed by atoms with Crippen molar-refractivity contribution in [1.29, 1.82) is 0 Å². The Labute approximate surface area is 86.8 Å². The molecule has 78 valence electrons. The summed E-state index contributed by atoms with van der Waals surface area (Å²) in [4.78, 5) is 0. The minimum absolute atomic E-state index is 0.384. The van der Waals surface area contributed by atoms with Crippen LogP contribution in [0.25, 0.3) is 0 Å². The number of benzene rings is 1. The summed E-state index contributed by atoms with van der Waals surface area (Å²) < 4.78 is 0. The van der Waals surface area contributed by atoms with Crippen LogP contribution in [0, 0.1) is 6.92 Å². The standard InChI is InChI=1S/C13H20O/c1-8(2)11-6-7-12(9(3)4)13(14)10(11)5/h6-9,14H,1-5H3. The van der Waals surface area contributed by atoms with E-state index in [0.717, 1.165) is 11.1 Å². The summed E-state index contributed by atoms with van der Waals surface area (Å²) in [5, 5.41) is 10.00. The lowest BCUT2D eigenvalue weighted by Gasteiger charge is -2.16. The lowest BCUT2D eigenvalue weighted by Crippen LogP contribution is -1.96. The molecule has 0 amide bonds. The van der Waals surface area contributed by atoms with Gasteiger partial charge in [0.25, 0.3) is 0 Å². The van der Waals surface area contributed by atoms with Gasteiger partial charge in [-0.25, -0.2) is 0 Å². The molecule has 1 N–H and O–H groups in total. The molecule has 1 aromatic carbocycles. The summed E-state index contributed by atoms with van der Waals surface area (Å²) >= 11 is 0. The number of hydrogen-bond acceptors (Lipinski definition) is 1. The van der Waals surface area contributed by atoms with Gasteiger partial charge in [0.2, 0.25) is 0 Å². The van der Waals surface area contributed by atoms with E-state index in [2.05, 4.69) is 33.8 Å². The topological polar surface area (TPSA) is 20.2 Å². The number of aromatic hydroxyl groups is 1. The van der Waals surface area contributed by atoms with E-state index in [0.29, 0.717) is 17.6 Å². The Morgan fingerprint density at radius 1 is 0.929 bits per heavy atom. The van der Waals surface area contributed by atoms with E-state index in [-0.39, 0.29) is 0 Å². The SMILES string of the molecule is Cc1c(C(C)C)ccc(C(C)C)c1O. The van der Waals surface area contributed by atoms with E-state index in [9.17, 15) is 5.11 Å². The predicted octanol–water partition coefficient (Wildman–Crippen LogP) is 3.95. The van der Waals surface area contributed by atoms with Crippen molar-refractivity contribution in [3.05, 3.63) is 28.8 Å². The molecule has 0 aliphatic rings. The monoisotopic (exact) mass is 192 g/mol. The zero-order valence-electron chi connectivity index (χ0n) is 9.76. The molecule has 0 fully saturated rings. The van der Waals surface area contributed by atoms with Crippen LogP contribution in [0.4, 0.5) is 0 Å². The summed E-state index contributed by atoms with van der Waals surface area (Å²) in [5.41, 5.74) is 3.32. The molecule has 0 aliphatic carbocycles. The van der Waals surface area contributed by atoms with Gasteiger partial charge in [0, 0.05) is 0 Å². The highest BCUT2D eigenvalue weighted by Gasteiger charge is 2.12. The van der Waals surface area contributed by atoms with Gasteiger partial charge in [0.1, 0.15) is 5.75 Å². The Hall–Kier alpha value is -0.980. The van der Waals surface area contributed by atoms with Gasteiger partial charge in [-0.3, -0.25) is 0 Å². The molecule has 0 radical (unpaired) electrons. The average molecular weight is 192 g/mol. The molecule has 14 heavy (non-hydrogen) atoms. The largest absolute Gasteiger partial charge is 0.507 e. The molecule has 0 bridgehead atoms. The third-order valence-corrected chi connectivity index (χ3v) is 2.75. The Kier molecular flexibility index (Phi) is 3.20. The maximum Gasteiger partial charge on any atom is 0.122 e. The highest BCUT2D eigenvalue weighted by atomic mass is 16.3. The fraction of sp³-hybridized carbons (Fsp3) is 0.538. The van der Waals surface area contributed by atoms with Crippen LogP contribution in [0.2, 0.25) is 0 Å². The molecule has 0 saturated carbocycles. The van der Waals surface area contributed by atoms with Crippen molar-refractivity contribution >= 4 is 0 Å². The maximum absolute atomic E-state index is 10.00. The first-order chi connectivity index (χ1) is 6.45. The minimum atomic E-state index is 0.384. The Balaban J connectivity index is 3.26. The normalized spacial score (nSPS) is 11.4. The third kappa shape index (κ3) is 1.92. The van der Waals surface area contributed by atoms with Crippen molar-refractivity contribution in [1.82, 2.24) is 0 Å². The van der Waals surface area contributed by atoms with E-state index < -0.39 is 0 Å². The molecular formula is C13H20O. The zero-order chi connectivity index (χ0) is 10.9. The first-order valence-corrected chi connectivity index (χ1v) is 5.27. The summed E-state index contributed by atoms with van der Waals surface area (Å²) in [6.45, 7) is 10.5. The van der Waals surface area contributed by atoms with Gasteiger partial charge in [-0.15, -0.1) is 0 Å². The second-order valence-electron chi connectivity index (χ2n) is 4.53. The van der Waals surface area contributed by atoms with Crippen molar-refractivity contribution in [2.45, 2.75) is 46.5 Å². The Morgan fingerprint density at radius 3 is 1.79 bits per heavy atom. The molecule has 0 saturated heterocycles. The number of hydrogen-bond donors (Lipinski definition) is 1. The average Bonchev–Trinajstić information content (AvgIpc) is 2.08. The van der Waals surface area contributed by atoms with Crippen molar-refractivity contribution < 1.29 is 5.11 Å². The van der Waals surface area contributed by atoms with Crippen LogP contribution in [0.5, 0.6) is 5.75 Å². The molecule has 1 nitrogen and oxygen atoms in total. The van der Waals surface area contributed by atoms with Crippen LogP contribution < -0.4 is 0 Å². The maximum atomic E-state index is 10.00. The number of phenolic OH excluding ortho intramolecular Hbond substituents is 1. The van der Waals surface area contributed by atoms with Gasteiger partial charge in [-0.2, -0.15) is 0 Å². The number of phenols is 1. The highest BCUT2D eigenvalue weighted by molar-refractivity contribution is 5.47. The first-order valence-electron chi connectivity index (χ1n) is 5.27. The Bertz CT molecular complexity index is 291. The molecule has 0 heterocycles. The van der Waals surface area contributed by atoms with Crippen LogP contribution in [0.15, 0.2) is 12.1 Å². The van der Waals surface area contributed by atoms with Crippen LogP contribution in [-0.2, 0) is 0 Å². The summed E-state index contributed by atoms with van der Waals surface area (Å²) in [5.74, 6) is 1.34. The Morgan fingerprint density at radius 2 is 1.36 bits per heavy atom. The van der Waals surface area contributed by atoms with E-state index in [1.165, 1.54) is 5.56 Å². The van der Waals surface area contributed by atoms with Crippen molar-refractivity contribution in [3.8, 4) is 5.75 Å². The van der Waals surface area contributed by atoms with Crippen molar-refractivity contribution in [3.63, 3.8) is 0 Å². The molecule has 0 unspecified atom stereocenters. The molecule has 1 heteroatoms. The minimum Gasteiger partial charge on any atom is -0.507 e. The molecular weight excluding hydrogens is 172 g/mol. The van der Waals surface area contributed by atoms with E-state index in [1.54, 1.807) is 0 Å². The van der Waals surface area contributed by atoms with Gasteiger partial charge < -0.3 is 5.11 Å². The summed E-state index contributed by atoms with van der Waals surface area (Å²) in [6.07, 6.45) is 0. The molecule has 0 spiro atoms. The van der Waals surface area contributed by atoms with E-state index >= 15 is 0 Å². The number of rotatable bonds is 2. The lowest BCUT2D eigenvalue weighted by atomic mass is 9.91. The molecule has 0 atom stereocenters. The summed E-state index contributed by atoms with van der Waals surface area (Å²) in [7, 11) is 0. The van der Waals surface area contributed by atoms with Crippen molar-refractivity contribution in [2.24, 2.45) is 0 Å². The predicted molar refractivity (Wildman–Crippen MR) is 61.0 cm³/mol.